The quantitative estimate of drug-likeness (QED) is 0.901. The van der Waals surface area contributed by atoms with Gasteiger partial charge in [-0.2, -0.15) is 5.10 Å². The van der Waals surface area contributed by atoms with Gasteiger partial charge in [0.05, 0.1) is 5.69 Å². The van der Waals surface area contributed by atoms with Gasteiger partial charge in [-0.05, 0) is 32.9 Å². The van der Waals surface area contributed by atoms with Gasteiger partial charge >= 0.3 is 0 Å². The molecule has 0 saturated carbocycles. The molecule has 0 amide bonds. The minimum atomic E-state index is 0.629. The third kappa shape index (κ3) is 3.50. The van der Waals surface area contributed by atoms with Crippen LogP contribution in [0.5, 0.6) is 0 Å². The highest BCUT2D eigenvalue weighted by molar-refractivity contribution is 6.30. The standard InChI is InChI=1S/C14H25ClN4/c1-4-16-9-12-7-5-6-8-19(12)10-13-11(2)17-18(3)14(13)15/h12,16H,4-10H2,1-3H3. The number of hydrogen-bond donors (Lipinski definition) is 1. The van der Waals surface area contributed by atoms with Crippen molar-refractivity contribution in [3.05, 3.63) is 16.4 Å². The van der Waals surface area contributed by atoms with Gasteiger partial charge in [0, 0.05) is 31.7 Å². The predicted molar refractivity (Wildman–Crippen MR) is 79.5 cm³/mol. The lowest BCUT2D eigenvalue weighted by molar-refractivity contribution is 0.138. The molecule has 0 spiro atoms. The van der Waals surface area contributed by atoms with Crippen LogP contribution in [0.15, 0.2) is 0 Å². The van der Waals surface area contributed by atoms with Crippen LogP contribution in [0.2, 0.25) is 5.15 Å². The Balaban J connectivity index is 2.06. The number of likely N-dealkylation sites (N-methyl/N-ethyl adjacent to an activating group) is 1. The number of aromatic nitrogens is 2. The molecule has 0 aliphatic carbocycles. The van der Waals surface area contributed by atoms with Crippen LogP contribution < -0.4 is 5.32 Å². The highest BCUT2D eigenvalue weighted by Gasteiger charge is 2.24. The summed E-state index contributed by atoms with van der Waals surface area (Å²) in [5, 5.41) is 8.66. The summed E-state index contributed by atoms with van der Waals surface area (Å²) in [4.78, 5) is 2.56. The molecule has 1 saturated heterocycles. The molecule has 0 aromatic carbocycles. The van der Waals surface area contributed by atoms with Crippen LogP contribution in [-0.4, -0.2) is 40.4 Å². The fraction of sp³-hybridized carbons (Fsp3) is 0.786. The van der Waals surface area contributed by atoms with E-state index in [0.29, 0.717) is 6.04 Å². The van der Waals surface area contributed by atoms with Gasteiger partial charge in [0.1, 0.15) is 5.15 Å². The summed E-state index contributed by atoms with van der Waals surface area (Å²) in [5.74, 6) is 0. The van der Waals surface area contributed by atoms with E-state index in [1.54, 1.807) is 4.68 Å². The number of likely N-dealkylation sites (tertiary alicyclic amines) is 1. The largest absolute Gasteiger partial charge is 0.315 e. The molecule has 1 aromatic heterocycles. The van der Waals surface area contributed by atoms with E-state index in [9.17, 15) is 0 Å². The lowest BCUT2D eigenvalue weighted by Gasteiger charge is -2.35. The van der Waals surface area contributed by atoms with E-state index < -0.39 is 0 Å². The maximum Gasteiger partial charge on any atom is 0.131 e. The van der Waals surface area contributed by atoms with E-state index in [2.05, 4.69) is 22.2 Å². The number of rotatable bonds is 5. The Bertz CT molecular complexity index is 416. The van der Waals surface area contributed by atoms with Crippen LogP contribution in [0.3, 0.4) is 0 Å². The Labute approximate surface area is 121 Å². The zero-order chi connectivity index (χ0) is 13.8. The summed E-state index contributed by atoms with van der Waals surface area (Å²) in [5.41, 5.74) is 2.24. The van der Waals surface area contributed by atoms with Crippen molar-refractivity contribution in [3.8, 4) is 0 Å². The van der Waals surface area contributed by atoms with E-state index in [1.165, 1.54) is 31.4 Å². The number of nitrogens with zero attached hydrogens (tertiary/aromatic N) is 3. The summed E-state index contributed by atoms with van der Waals surface area (Å²) in [6, 6.07) is 0.629. The number of piperidine rings is 1. The van der Waals surface area contributed by atoms with E-state index >= 15 is 0 Å². The van der Waals surface area contributed by atoms with E-state index in [1.807, 2.05) is 14.0 Å². The molecule has 1 unspecified atom stereocenters. The first-order valence-electron chi connectivity index (χ1n) is 7.26. The molecule has 1 aromatic rings. The first-order valence-corrected chi connectivity index (χ1v) is 7.64. The van der Waals surface area contributed by atoms with Crippen LogP contribution >= 0.6 is 11.6 Å². The van der Waals surface area contributed by atoms with Gasteiger partial charge in [0.2, 0.25) is 0 Å². The zero-order valence-electron chi connectivity index (χ0n) is 12.2. The summed E-state index contributed by atoms with van der Waals surface area (Å²) >= 11 is 6.34. The van der Waals surface area contributed by atoms with E-state index in [-0.39, 0.29) is 0 Å². The van der Waals surface area contributed by atoms with Crippen molar-refractivity contribution < 1.29 is 0 Å². The van der Waals surface area contributed by atoms with E-state index in [0.717, 1.165) is 30.5 Å². The fourth-order valence-corrected chi connectivity index (χ4v) is 3.10. The van der Waals surface area contributed by atoms with Crippen LogP contribution in [0, 0.1) is 6.92 Å². The molecule has 5 heteroatoms. The van der Waals surface area contributed by atoms with Gasteiger partial charge in [-0.1, -0.05) is 24.9 Å². The molecule has 0 bridgehead atoms. The van der Waals surface area contributed by atoms with Crippen molar-refractivity contribution in [1.82, 2.24) is 20.0 Å². The van der Waals surface area contributed by atoms with E-state index in [4.69, 9.17) is 11.6 Å². The number of halogens is 1. The molecule has 1 aliphatic rings. The molecule has 1 atom stereocenters. The normalized spacial score (nSPS) is 20.9. The van der Waals surface area contributed by atoms with Crippen molar-refractivity contribution in [3.63, 3.8) is 0 Å². The Morgan fingerprint density at radius 3 is 2.84 bits per heavy atom. The lowest BCUT2D eigenvalue weighted by Crippen LogP contribution is -2.45. The molecule has 2 rings (SSSR count). The Morgan fingerprint density at radius 1 is 1.42 bits per heavy atom. The van der Waals surface area contributed by atoms with Gasteiger partial charge in [0.25, 0.3) is 0 Å². The second-order valence-corrected chi connectivity index (χ2v) is 5.76. The minimum Gasteiger partial charge on any atom is -0.315 e. The van der Waals surface area contributed by atoms with Crippen LogP contribution in [0.1, 0.15) is 37.4 Å². The van der Waals surface area contributed by atoms with Gasteiger partial charge in [-0.15, -0.1) is 0 Å². The number of aryl methyl sites for hydroxylation is 2. The average molecular weight is 285 g/mol. The first kappa shape index (κ1) is 14.8. The zero-order valence-corrected chi connectivity index (χ0v) is 13.0. The third-order valence-electron chi connectivity index (χ3n) is 4.01. The number of nitrogens with one attached hydrogen (secondary N) is 1. The average Bonchev–Trinajstić information content (AvgIpc) is 2.64. The van der Waals surface area contributed by atoms with Crippen molar-refractivity contribution in [2.75, 3.05) is 19.6 Å². The van der Waals surface area contributed by atoms with Gasteiger partial charge in [0.15, 0.2) is 0 Å². The molecule has 19 heavy (non-hydrogen) atoms. The Morgan fingerprint density at radius 2 is 2.21 bits per heavy atom. The minimum absolute atomic E-state index is 0.629. The third-order valence-corrected chi connectivity index (χ3v) is 4.48. The molecule has 1 N–H and O–H groups in total. The van der Waals surface area contributed by atoms with Gasteiger partial charge in [-0.25, -0.2) is 0 Å². The van der Waals surface area contributed by atoms with Crippen LogP contribution in [-0.2, 0) is 13.6 Å². The molecule has 0 radical (unpaired) electrons. The molecule has 2 heterocycles. The molecule has 1 aliphatic heterocycles. The lowest BCUT2D eigenvalue weighted by atomic mass is 10.0. The highest BCUT2D eigenvalue weighted by atomic mass is 35.5. The topological polar surface area (TPSA) is 33.1 Å². The van der Waals surface area contributed by atoms with Crippen molar-refractivity contribution >= 4 is 11.6 Å². The molecule has 108 valence electrons. The second-order valence-electron chi connectivity index (χ2n) is 5.41. The second kappa shape index (κ2) is 6.73. The molecular formula is C14H25ClN4. The first-order chi connectivity index (χ1) is 9.13. The maximum atomic E-state index is 6.34. The summed E-state index contributed by atoms with van der Waals surface area (Å²) in [6.07, 6.45) is 3.91. The molecule has 1 fully saturated rings. The fourth-order valence-electron chi connectivity index (χ4n) is 2.87. The van der Waals surface area contributed by atoms with Gasteiger partial charge in [-0.3, -0.25) is 9.58 Å². The van der Waals surface area contributed by atoms with Crippen molar-refractivity contribution in [2.45, 2.75) is 45.7 Å². The summed E-state index contributed by atoms with van der Waals surface area (Å²) < 4.78 is 1.77. The number of hydrogen-bond acceptors (Lipinski definition) is 3. The van der Waals surface area contributed by atoms with Crippen LogP contribution in [0.4, 0.5) is 0 Å². The monoisotopic (exact) mass is 284 g/mol. The molecular weight excluding hydrogens is 260 g/mol. The predicted octanol–water partition coefficient (Wildman–Crippen LogP) is 2.35. The summed E-state index contributed by atoms with van der Waals surface area (Å²) in [6.45, 7) is 8.42. The van der Waals surface area contributed by atoms with Gasteiger partial charge < -0.3 is 5.32 Å². The Kier molecular flexibility index (Phi) is 5.25. The molecule has 4 nitrogen and oxygen atoms in total. The van der Waals surface area contributed by atoms with Crippen molar-refractivity contribution in [1.29, 1.82) is 0 Å². The van der Waals surface area contributed by atoms with Crippen LogP contribution in [0.25, 0.3) is 0 Å². The summed E-state index contributed by atoms with van der Waals surface area (Å²) in [7, 11) is 1.91. The maximum absolute atomic E-state index is 6.34. The smallest absolute Gasteiger partial charge is 0.131 e. The van der Waals surface area contributed by atoms with Crippen molar-refractivity contribution in [2.24, 2.45) is 7.05 Å². The SMILES string of the molecule is CCNCC1CCCCN1Cc1c(C)nn(C)c1Cl. The highest BCUT2D eigenvalue weighted by Crippen LogP contribution is 2.24. The Hall–Kier alpha value is -0.580.